The quantitative estimate of drug-likeness (QED) is 0.804. The van der Waals surface area contributed by atoms with Crippen molar-refractivity contribution in [3.8, 4) is 0 Å². The van der Waals surface area contributed by atoms with Crippen molar-refractivity contribution in [2.45, 2.75) is 12.6 Å². The Bertz CT molecular complexity index is 397. The number of rotatable bonds is 5. The summed E-state index contributed by atoms with van der Waals surface area (Å²) in [6, 6.07) is 12.4. The monoisotopic (exact) mass is 216 g/mol. The molecule has 0 saturated carbocycles. The van der Waals surface area contributed by atoms with Gasteiger partial charge in [0.1, 0.15) is 0 Å². The van der Waals surface area contributed by atoms with E-state index in [4.69, 9.17) is 10.2 Å². The van der Waals surface area contributed by atoms with Gasteiger partial charge in [0.15, 0.2) is 0 Å². The van der Waals surface area contributed by atoms with Crippen molar-refractivity contribution < 1.29 is 4.42 Å². The molecule has 0 aliphatic carbocycles. The van der Waals surface area contributed by atoms with Gasteiger partial charge in [-0.3, -0.25) is 0 Å². The minimum absolute atomic E-state index is 0.152. The van der Waals surface area contributed by atoms with Crippen LogP contribution in [0.5, 0.6) is 0 Å². The predicted molar refractivity (Wildman–Crippen MR) is 63.8 cm³/mol. The molecule has 84 valence electrons. The van der Waals surface area contributed by atoms with E-state index in [1.165, 1.54) is 5.56 Å². The second-order valence-electron chi connectivity index (χ2n) is 3.71. The van der Waals surface area contributed by atoms with Gasteiger partial charge in [-0.05, 0) is 11.6 Å². The van der Waals surface area contributed by atoms with Crippen LogP contribution in [0.1, 0.15) is 17.2 Å². The third kappa shape index (κ3) is 2.72. The lowest BCUT2D eigenvalue weighted by Gasteiger charge is -2.14. The highest BCUT2D eigenvalue weighted by molar-refractivity contribution is 5.16. The number of benzene rings is 1. The van der Waals surface area contributed by atoms with Crippen LogP contribution < -0.4 is 11.1 Å². The Kier molecular flexibility index (Phi) is 3.75. The van der Waals surface area contributed by atoms with E-state index in [1.54, 1.807) is 12.5 Å². The van der Waals surface area contributed by atoms with Crippen LogP contribution in [0.4, 0.5) is 0 Å². The summed E-state index contributed by atoms with van der Waals surface area (Å²) < 4.78 is 5.05. The normalized spacial score (nSPS) is 12.6. The summed E-state index contributed by atoms with van der Waals surface area (Å²) in [7, 11) is 0. The van der Waals surface area contributed by atoms with Crippen LogP contribution in [0, 0.1) is 0 Å². The van der Waals surface area contributed by atoms with Gasteiger partial charge in [0, 0.05) is 24.7 Å². The Morgan fingerprint density at radius 2 is 2.00 bits per heavy atom. The van der Waals surface area contributed by atoms with Crippen LogP contribution in [-0.2, 0) is 6.54 Å². The molecule has 1 unspecified atom stereocenters. The second-order valence-corrected chi connectivity index (χ2v) is 3.71. The molecule has 1 atom stereocenters. The van der Waals surface area contributed by atoms with Gasteiger partial charge in [0.25, 0.3) is 0 Å². The molecule has 1 heterocycles. The fourth-order valence-electron chi connectivity index (χ4n) is 1.65. The maximum atomic E-state index is 5.72. The smallest absolute Gasteiger partial charge is 0.0950 e. The summed E-state index contributed by atoms with van der Waals surface area (Å²) in [5.41, 5.74) is 8.07. The van der Waals surface area contributed by atoms with Gasteiger partial charge in [-0.25, -0.2) is 0 Å². The summed E-state index contributed by atoms with van der Waals surface area (Å²) in [6.07, 6.45) is 3.40. The molecule has 2 rings (SSSR count). The largest absolute Gasteiger partial charge is 0.472 e. The summed E-state index contributed by atoms with van der Waals surface area (Å²) in [5.74, 6) is 0. The van der Waals surface area contributed by atoms with Crippen LogP contribution in [0.3, 0.4) is 0 Å². The van der Waals surface area contributed by atoms with E-state index in [9.17, 15) is 0 Å². The number of furan rings is 1. The van der Waals surface area contributed by atoms with E-state index in [0.717, 1.165) is 12.1 Å². The Labute approximate surface area is 95.3 Å². The van der Waals surface area contributed by atoms with E-state index in [0.29, 0.717) is 6.54 Å². The number of hydrogen-bond acceptors (Lipinski definition) is 3. The Morgan fingerprint density at radius 1 is 1.19 bits per heavy atom. The van der Waals surface area contributed by atoms with Crippen molar-refractivity contribution in [1.29, 1.82) is 0 Å². The molecule has 0 amide bonds. The Morgan fingerprint density at radius 3 is 2.62 bits per heavy atom. The third-order valence-corrected chi connectivity index (χ3v) is 2.58. The van der Waals surface area contributed by atoms with E-state index in [-0.39, 0.29) is 6.04 Å². The minimum atomic E-state index is 0.152. The van der Waals surface area contributed by atoms with Crippen molar-refractivity contribution in [3.63, 3.8) is 0 Å². The summed E-state index contributed by atoms with van der Waals surface area (Å²) >= 11 is 0. The molecule has 1 aromatic carbocycles. The van der Waals surface area contributed by atoms with Crippen LogP contribution in [-0.4, -0.2) is 6.54 Å². The second kappa shape index (κ2) is 5.49. The molecular weight excluding hydrogens is 200 g/mol. The zero-order chi connectivity index (χ0) is 11.2. The van der Waals surface area contributed by atoms with Crippen molar-refractivity contribution in [1.82, 2.24) is 5.32 Å². The van der Waals surface area contributed by atoms with Gasteiger partial charge in [0.05, 0.1) is 12.5 Å². The topological polar surface area (TPSA) is 51.2 Å². The van der Waals surface area contributed by atoms with E-state index >= 15 is 0 Å². The average Bonchev–Trinajstić information content (AvgIpc) is 2.85. The van der Waals surface area contributed by atoms with Gasteiger partial charge >= 0.3 is 0 Å². The molecule has 0 spiro atoms. The molecule has 2 aromatic rings. The molecule has 16 heavy (non-hydrogen) atoms. The SMILES string of the molecule is NCC(NCc1ccccc1)c1ccoc1. The fourth-order valence-corrected chi connectivity index (χ4v) is 1.65. The van der Waals surface area contributed by atoms with Crippen molar-refractivity contribution >= 4 is 0 Å². The first kappa shape index (κ1) is 10.9. The molecule has 0 bridgehead atoms. The lowest BCUT2D eigenvalue weighted by molar-refractivity contribution is 0.520. The van der Waals surface area contributed by atoms with Crippen LogP contribution in [0.2, 0.25) is 0 Å². The lowest BCUT2D eigenvalue weighted by atomic mass is 10.1. The molecule has 0 radical (unpaired) electrons. The summed E-state index contributed by atoms with van der Waals surface area (Å²) in [4.78, 5) is 0. The molecule has 0 saturated heterocycles. The van der Waals surface area contributed by atoms with Crippen molar-refractivity contribution in [3.05, 3.63) is 60.1 Å². The van der Waals surface area contributed by atoms with E-state index in [1.807, 2.05) is 24.3 Å². The average molecular weight is 216 g/mol. The van der Waals surface area contributed by atoms with Gasteiger partial charge in [-0.15, -0.1) is 0 Å². The molecule has 3 N–H and O–H groups in total. The Balaban J connectivity index is 1.94. The van der Waals surface area contributed by atoms with Crippen LogP contribution in [0.15, 0.2) is 53.3 Å². The first-order valence-electron chi connectivity index (χ1n) is 5.39. The fraction of sp³-hybridized carbons (Fsp3) is 0.231. The van der Waals surface area contributed by atoms with E-state index in [2.05, 4.69) is 17.4 Å². The predicted octanol–water partition coefficient (Wildman–Crippen LogP) is 2.07. The molecule has 1 aromatic heterocycles. The Hall–Kier alpha value is -1.58. The zero-order valence-electron chi connectivity index (χ0n) is 9.10. The van der Waals surface area contributed by atoms with Gasteiger partial charge < -0.3 is 15.5 Å². The van der Waals surface area contributed by atoms with Crippen LogP contribution >= 0.6 is 0 Å². The molecule has 3 nitrogen and oxygen atoms in total. The van der Waals surface area contributed by atoms with Crippen molar-refractivity contribution in [2.75, 3.05) is 6.54 Å². The highest BCUT2D eigenvalue weighted by atomic mass is 16.3. The minimum Gasteiger partial charge on any atom is -0.472 e. The molecule has 3 heteroatoms. The number of nitrogens with one attached hydrogen (secondary N) is 1. The standard InChI is InChI=1S/C13H16N2O/c14-8-13(12-6-7-16-10-12)15-9-11-4-2-1-3-5-11/h1-7,10,13,15H,8-9,14H2. The van der Waals surface area contributed by atoms with E-state index < -0.39 is 0 Å². The van der Waals surface area contributed by atoms with Gasteiger partial charge in [0.2, 0.25) is 0 Å². The van der Waals surface area contributed by atoms with Crippen LogP contribution in [0.25, 0.3) is 0 Å². The highest BCUT2D eigenvalue weighted by Crippen LogP contribution is 2.12. The summed E-state index contributed by atoms with van der Waals surface area (Å²) in [6.45, 7) is 1.38. The van der Waals surface area contributed by atoms with Gasteiger partial charge in [-0.2, -0.15) is 0 Å². The molecule has 0 fully saturated rings. The summed E-state index contributed by atoms with van der Waals surface area (Å²) in [5, 5.41) is 3.40. The lowest BCUT2D eigenvalue weighted by Crippen LogP contribution is -2.27. The molecule has 0 aliphatic heterocycles. The highest BCUT2D eigenvalue weighted by Gasteiger charge is 2.09. The number of nitrogens with two attached hydrogens (primary N) is 1. The maximum Gasteiger partial charge on any atom is 0.0950 e. The van der Waals surface area contributed by atoms with Crippen molar-refractivity contribution in [2.24, 2.45) is 5.73 Å². The number of hydrogen-bond donors (Lipinski definition) is 2. The zero-order valence-corrected chi connectivity index (χ0v) is 9.10. The first-order chi connectivity index (χ1) is 7.90. The van der Waals surface area contributed by atoms with Gasteiger partial charge in [-0.1, -0.05) is 30.3 Å². The maximum absolute atomic E-state index is 5.72. The first-order valence-corrected chi connectivity index (χ1v) is 5.39. The molecular formula is C13H16N2O. The molecule has 0 aliphatic rings. The third-order valence-electron chi connectivity index (χ3n) is 2.58.